The van der Waals surface area contributed by atoms with Gasteiger partial charge in [-0.25, -0.2) is 0 Å². The summed E-state index contributed by atoms with van der Waals surface area (Å²) in [6.07, 6.45) is 13.8. The van der Waals surface area contributed by atoms with Crippen molar-refractivity contribution in [3.63, 3.8) is 0 Å². The average Bonchev–Trinajstić information content (AvgIpc) is 3.62. The van der Waals surface area contributed by atoms with Crippen LogP contribution in [0.5, 0.6) is 0 Å². The fraction of sp³-hybridized carbons (Fsp3) is 0.0364. The van der Waals surface area contributed by atoms with E-state index in [1.807, 2.05) is 12.4 Å². The molecule has 0 bridgehead atoms. The first kappa shape index (κ1) is 33.1. The molecule has 1 aliphatic rings. The molecule has 1 aliphatic carbocycles. The Morgan fingerprint density at radius 2 is 0.895 bits per heavy atom. The van der Waals surface area contributed by atoms with Crippen molar-refractivity contribution in [2.75, 3.05) is 0 Å². The molecule has 2 heteroatoms. The summed E-state index contributed by atoms with van der Waals surface area (Å²) in [6, 6.07) is 64.9. The molecule has 2 nitrogen and oxygen atoms in total. The second kappa shape index (κ2) is 13.8. The molecule has 0 fully saturated rings. The highest BCUT2D eigenvalue weighted by molar-refractivity contribution is 6.22. The summed E-state index contributed by atoms with van der Waals surface area (Å²) in [6.45, 7) is 0. The van der Waals surface area contributed by atoms with Crippen LogP contribution in [-0.4, -0.2) is 9.55 Å². The summed E-state index contributed by atoms with van der Waals surface area (Å²) in [4.78, 5) is 4.53. The molecule has 10 aromatic rings. The molecule has 0 aliphatic heterocycles. The van der Waals surface area contributed by atoms with Crippen molar-refractivity contribution in [3.05, 3.63) is 213 Å². The molecule has 0 N–H and O–H groups in total. The Hall–Kier alpha value is -7.29. The van der Waals surface area contributed by atoms with Crippen molar-refractivity contribution < 1.29 is 0 Å². The zero-order valence-electron chi connectivity index (χ0n) is 31.4. The number of benzene rings is 8. The zero-order chi connectivity index (χ0) is 37.7. The van der Waals surface area contributed by atoms with E-state index < -0.39 is 0 Å². The quantitative estimate of drug-likeness (QED) is 0.156. The van der Waals surface area contributed by atoms with E-state index in [0.717, 1.165) is 6.42 Å². The molecule has 11 rings (SSSR count). The van der Waals surface area contributed by atoms with E-state index in [2.05, 4.69) is 210 Å². The standard InChI is InChI=1S/C55H38N2/c1-4-14-37(15-5-1)54-46-24-10-11-25-47(46)55(38-16-6-2-7-17-38)50-35-43(26-28-48(50)54)41-20-12-18-39(32-41)40-19-13-21-42(33-40)44-27-29-52-49(34-44)51-36-56-31-30-53(51)57(52)45-22-8-3-9-23-45/h1-22,24-36,45H,23H2. The Bertz CT molecular complexity index is 3200. The van der Waals surface area contributed by atoms with Crippen molar-refractivity contribution in [2.45, 2.75) is 12.5 Å². The Balaban J connectivity index is 1.02. The topological polar surface area (TPSA) is 17.8 Å². The molecule has 0 amide bonds. The van der Waals surface area contributed by atoms with Gasteiger partial charge in [0.2, 0.25) is 0 Å². The summed E-state index contributed by atoms with van der Waals surface area (Å²) < 4.78 is 2.47. The summed E-state index contributed by atoms with van der Waals surface area (Å²) in [5.41, 5.74) is 14.7. The molecule has 8 aromatic carbocycles. The highest BCUT2D eigenvalue weighted by atomic mass is 15.0. The fourth-order valence-corrected chi connectivity index (χ4v) is 9.14. The second-order valence-electron chi connectivity index (χ2n) is 15.1. The molecule has 2 aromatic heterocycles. The van der Waals surface area contributed by atoms with E-state index in [4.69, 9.17) is 0 Å². The first-order valence-corrected chi connectivity index (χ1v) is 19.8. The molecule has 268 valence electrons. The van der Waals surface area contributed by atoms with Gasteiger partial charge in [-0.05, 0) is 120 Å². The second-order valence-corrected chi connectivity index (χ2v) is 15.1. The van der Waals surface area contributed by atoms with Gasteiger partial charge in [0.1, 0.15) is 0 Å². The third-order valence-corrected chi connectivity index (χ3v) is 11.8. The summed E-state index contributed by atoms with van der Waals surface area (Å²) in [5, 5.41) is 7.47. The van der Waals surface area contributed by atoms with E-state index in [9.17, 15) is 0 Å². The number of rotatable bonds is 6. The first-order chi connectivity index (χ1) is 28.3. The highest BCUT2D eigenvalue weighted by Gasteiger charge is 2.19. The van der Waals surface area contributed by atoms with Crippen molar-refractivity contribution >= 4 is 43.4 Å². The van der Waals surface area contributed by atoms with E-state index in [-0.39, 0.29) is 6.04 Å². The summed E-state index contributed by atoms with van der Waals surface area (Å²) in [7, 11) is 0. The number of fused-ring (bicyclic) bond motifs is 5. The Labute approximate surface area is 332 Å². The van der Waals surface area contributed by atoms with Crippen LogP contribution in [0.4, 0.5) is 0 Å². The lowest BCUT2D eigenvalue weighted by atomic mass is 9.85. The SMILES string of the molecule is C1=CCC(n2c3ccncc3c3cc(-c4cccc(-c5cccc(-c6ccc7c(-c8ccccc8)c8ccccc8c(-c8ccccc8)c7c6)c5)c4)ccc32)C=C1. The zero-order valence-corrected chi connectivity index (χ0v) is 31.4. The molecule has 0 saturated heterocycles. The van der Waals surface area contributed by atoms with Crippen LogP contribution in [0.2, 0.25) is 0 Å². The molecular weight excluding hydrogens is 689 g/mol. The van der Waals surface area contributed by atoms with Crippen LogP contribution >= 0.6 is 0 Å². The largest absolute Gasteiger partial charge is 0.333 e. The maximum absolute atomic E-state index is 4.53. The number of aromatic nitrogens is 2. The van der Waals surface area contributed by atoms with Gasteiger partial charge in [-0.1, -0.05) is 164 Å². The minimum Gasteiger partial charge on any atom is -0.333 e. The van der Waals surface area contributed by atoms with E-state index in [0.29, 0.717) is 0 Å². The third-order valence-electron chi connectivity index (χ3n) is 11.8. The lowest BCUT2D eigenvalue weighted by Gasteiger charge is -2.19. The molecule has 1 atom stereocenters. The maximum Gasteiger partial charge on any atom is 0.0560 e. The van der Waals surface area contributed by atoms with Crippen LogP contribution in [0, 0.1) is 0 Å². The molecule has 0 saturated carbocycles. The van der Waals surface area contributed by atoms with Gasteiger partial charge in [-0.2, -0.15) is 0 Å². The highest BCUT2D eigenvalue weighted by Crippen LogP contribution is 2.45. The summed E-state index contributed by atoms with van der Waals surface area (Å²) in [5.74, 6) is 0. The molecule has 0 spiro atoms. The molecule has 0 radical (unpaired) electrons. The minimum absolute atomic E-state index is 0.289. The van der Waals surface area contributed by atoms with Gasteiger partial charge in [0.05, 0.1) is 11.6 Å². The van der Waals surface area contributed by atoms with Gasteiger partial charge in [0, 0.05) is 28.7 Å². The average molecular weight is 727 g/mol. The number of pyridine rings is 1. The van der Waals surface area contributed by atoms with Gasteiger partial charge in [0.15, 0.2) is 0 Å². The third kappa shape index (κ3) is 5.69. The van der Waals surface area contributed by atoms with Crippen LogP contribution in [0.1, 0.15) is 12.5 Å². The Kier molecular flexibility index (Phi) is 8.00. The predicted octanol–water partition coefficient (Wildman–Crippen LogP) is 14.9. The van der Waals surface area contributed by atoms with E-state index in [1.54, 1.807) is 0 Å². The molecule has 1 unspecified atom stereocenters. The van der Waals surface area contributed by atoms with Crippen molar-refractivity contribution in [1.82, 2.24) is 9.55 Å². The Morgan fingerprint density at radius 1 is 0.386 bits per heavy atom. The van der Waals surface area contributed by atoms with Gasteiger partial charge < -0.3 is 4.57 Å². The number of hydrogen-bond donors (Lipinski definition) is 0. The van der Waals surface area contributed by atoms with Crippen LogP contribution < -0.4 is 0 Å². The van der Waals surface area contributed by atoms with Crippen molar-refractivity contribution in [3.8, 4) is 55.6 Å². The van der Waals surface area contributed by atoms with Crippen LogP contribution in [0.15, 0.2) is 213 Å². The summed E-state index contributed by atoms with van der Waals surface area (Å²) >= 11 is 0. The van der Waals surface area contributed by atoms with Gasteiger partial charge >= 0.3 is 0 Å². The maximum atomic E-state index is 4.53. The predicted molar refractivity (Wildman–Crippen MR) is 241 cm³/mol. The Morgan fingerprint density at radius 3 is 1.51 bits per heavy atom. The normalized spacial score (nSPS) is 13.9. The fourth-order valence-electron chi connectivity index (χ4n) is 9.14. The van der Waals surface area contributed by atoms with E-state index >= 15 is 0 Å². The monoisotopic (exact) mass is 726 g/mol. The van der Waals surface area contributed by atoms with Gasteiger partial charge in [0.25, 0.3) is 0 Å². The van der Waals surface area contributed by atoms with Gasteiger partial charge in [-0.3, -0.25) is 4.98 Å². The van der Waals surface area contributed by atoms with Crippen LogP contribution in [0.25, 0.3) is 99.0 Å². The molecular formula is C55H38N2. The smallest absolute Gasteiger partial charge is 0.0560 e. The van der Waals surface area contributed by atoms with E-state index in [1.165, 1.54) is 99.0 Å². The molecule has 2 heterocycles. The van der Waals surface area contributed by atoms with Crippen molar-refractivity contribution in [2.24, 2.45) is 0 Å². The minimum atomic E-state index is 0.289. The number of hydrogen-bond acceptors (Lipinski definition) is 1. The van der Waals surface area contributed by atoms with Crippen molar-refractivity contribution in [1.29, 1.82) is 0 Å². The number of allylic oxidation sites excluding steroid dienone is 4. The van der Waals surface area contributed by atoms with Crippen LogP contribution in [0.3, 0.4) is 0 Å². The van der Waals surface area contributed by atoms with Gasteiger partial charge in [-0.15, -0.1) is 0 Å². The lowest BCUT2D eigenvalue weighted by Crippen LogP contribution is -2.06. The lowest BCUT2D eigenvalue weighted by molar-refractivity contribution is 0.648. The first-order valence-electron chi connectivity index (χ1n) is 19.8. The van der Waals surface area contributed by atoms with Crippen LogP contribution in [-0.2, 0) is 0 Å². The molecule has 57 heavy (non-hydrogen) atoms. The number of nitrogens with zero attached hydrogens (tertiary/aromatic N) is 2.